The number of aromatic amines is 1. The van der Waals surface area contributed by atoms with Crippen LogP contribution in [0.3, 0.4) is 0 Å². The lowest BCUT2D eigenvalue weighted by atomic mass is 10.2. The Balaban J connectivity index is 2.18. The SMILES string of the molecule is COc1cc(F)c(-c2nc3ccccc3[nH]2)cc1Br. The van der Waals surface area contributed by atoms with E-state index in [9.17, 15) is 4.39 Å². The first-order valence-electron chi connectivity index (χ1n) is 5.67. The number of benzene rings is 2. The van der Waals surface area contributed by atoms with Crippen molar-refractivity contribution in [1.29, 1.82) is 0 Å². The first-order valence-corrected chi connectivity index (χ1v) is 6.46. The third kappa shape index (κ3) is 2.10. The summed E-state index contributed by atoms with van der Waals surface area (Å²) in [5.41, 5.74) is 2.09. The molecule has 0 saturated heterocycles. The van der Waals surface area contributed by atoms with Crippen molar-refractivity contribution in [2.75, 3.05) is 7.11 Å². The smallest absolute Gasteiger partial charge is 0.141 e. The van der Waals surface area contributed by atoms with E-state index in [1.54, 1.807) is 6.07 Å². The van der Waals surface area contributed by atoms with E-state index in [1.807, 2.05) is 24.3 Å². The van der Waals surface area contributed by atoms with Crippen molar-refractivity contribution < 1.29 is 9.13 Å². The number of halogens is 2. The summed E-state index contributed by atoms with van der Waals surface area (Å²) in [5, 5.41) is 0. The van der Waals surface area contributed by atoms with Crippen molar-refractivity contribution in [3.8, 4) is 17.1 Å². The molecule has 0 spiro atoms. The maximum Gasteiger partial charge on any atom is 0.141 e. The molecular formula is C14H10BrFN2O. The molecule has 0 aliphatic rings. The molecule has 19 heavy (non-hydrogen) atoms. The topological polar surface area (TPSA) is 37.9 Å². The van der Waals surface area contributed by atoms with Crippen molar-refractivity contribution >= 4 is 27.0 Å². The average Bonchev–Trinajstić information content (AvgIpc) is 2.84. The maximum atomic E-state index is 14.1. The number of rotatable bonds is 2. The molecule has 0 aliphatic carbocycles. The summed E-state index contributed by atoms with van der Waals surface area (Å²) in [4.78, 5) is 7.49. The summed E-state index contributed by atoms with van der Waals surface area (Å²) in [6.45, 7) is 0. The average molecular weight is 321 g/mol. The second-order valence-electron chi connectivity index (χ2n) is 4.07. The number of methoxy groups -OCH3 is 1. The van der Waals surface area contributed by atoms with Gasteiger partial charge in [0, 0.05) is 6.07 Å². The second kappa shape index (κ2) is 4.66. The Labute approximate surface area is 117 Å². The minimum atomic E-state index is -0.376. The van der Waals surface area contributed by atoms with Crippen molar-refractivity contribution in [2.24, 2.45) is 0 Å². The maximum absolute atomic E-state index is 14.1. The third-order valence-corrected chi connectivity index (χ3v) is 3.51. The normalized spacial score (nSPS) is 10.9. The zero-order valence-electron chi connectivity index (χ0n) is 10.1. The number of fused-ring (bicyclic) bond motifs is 1. The van der Waals surface area contributed by atoms with Gasteiger partial charge in [-0.25, -0.2) is 9.37 Å². The zero-order chi connectivity index (χ0) is 13.4. The Hall–Kier alpha value is -1.88. The minimum absolute atomic E-state index is 0.376. The van der Waals surface area contributed by atoms with Gasteiger partial charge in [0.1, 0.15) is 17.4 Å². The van der Waals surface area contributed by atoms with Gasteiger partial charge in [0.25, 0.3) is 0 Å². The molecule has 2 aromatic carbocycles. The molecule has 0 radical (unpaired) electrons. The number of aromatic nitrogens is 2. The Morgan fingerprint density at radius 3 is 2.79 bits per heavy atom. The molecule has 0 aliphatic heterocycles. The van der Waals surface area contributed by atoms with Crippen LogP contribution in [0, 0.1) is 5.82 Å². The Morgan fingerprint density at radius 1 is 1.26 bits per heavy atom. The molecule has 3 rings (SSSR count). The molecule has 0 atom stereocenters. The summed E-state index contributed by atoms with van der Waals surface area (Å²) in [5.74, 6) is 0.582. The largest absolute Gasteiger partial charge is 0.495 e. The van der Waals surface area contributed by atoms with Gasteiger partial charge < -0.3 is 9.72 Å². The number of H-pyrrole nitrogens is 1. The fourth-order valence-electron chi connectivity index (χ4n) is 1.95. The van der Waals surface area contributed by atoms with E-state index in [4.69, 9.17) is 4.74 Å². The van der Waals surface area contributed by atoms with Crippen molar-refractivity contribution in [3.05, 3.63) is 46.7 Å². The molecule has 0 saturated carbocycles. The number of imidazole rings is 1. The number of nitrogens with zero attached hydrogens (tertiary/aromatic N) is 1. The fourth-order valence-corrected chi connectivity index (χ4v) is 2.45. The van der Waals surface area contributed by atoms with Gasteiger partial charge in [-0.05, 0) is 34.1 Å². The predicted molar refractivity (Wildman–Crippen MR) is 75.7 cm³/mol. The minimum Gasteiger partial charge on any atom is -0.495 e. The first-order chi connectivity index (χ1) is 9.19. The van der Waals surface area contributed by atoms with Crippen molar-refractivity contribution in [3.63, 3.8) is 0 Å². The number of ether oxygens (including phenoxy) is 1. The van der Waals surface area contributed by atoms with Crippen LogP contribution < -0.4 is 4.74 Å². The van der Waals surface area contributed by atoms with Gasteiger partial charge in [0.15, 0.2) is 0 Å². The highest BCUT2D eigenvalue weighted by Gasteiger charge is 2.13. The molecule has 0 unspecified atom stereocenters. The molecule has 3 aromatic rings. The molecule has 0 amide bonds. The summed E-state index contributed by atoms with van der Waals surface area (Å²) < 4.78 is 19.8. The fraction of sp³-hybridized carbons (Fsp3) is 0.0714. The van der Waals surface area contributed by atoms with Gasteiger partial charge in [0.05, 0.1) is 28.2 Å². The van der Waals surface area contributed by atoms with Crippen LogP contribution in [0.4, 0.5) is 4.39 Å². The van der Waals surface area contributed by atoms with Gasteiger partial charge >= 0.3 is 0 Å². The van der Waals surface area contributed by atoms with E-state index in [1.165, 1.54) is 13.2 Å². The van der Waals surface area contributed by atoms with Crippen LogP contribution in [0.2, 0.25) is 0 Å². The lowest BCUT2D eigenvalue weighted by Crippen LogP contribution is -1.91. The lowest BCUT2D eigenvalue weighted by molar-refractivity contribution is 0.409. The van der Waals surface area contributed by atoms with Gasteiger partial charge in [-0.1, -0.05) is 12.1 Å². The molecular weight excluding hydrogens is 311 g/mol. The van der Waals surface area contributed by atoms with Crippen LogP contribution in [-0.4, -0.2) is 17.1 Å². The first kappa shape index (κ1) is 12.2. The van der Waals surface area contributed by atoms with E-state index in [-0.39, 0.29) is 5.82 Å². The van der Waals surface area contributed by atoms with Crippen molar-refractivity contribution in [1.82, 2.24) is 9.97 Å². The number of nitrogens with one attached hydrogen (secondary N) is 1. The van der Waals surface area contributed by atoms with Crippen LogP contribution in [0.15, 0.2) is 40.9 Å². The van der Waals surface area contributed by atoms with Gasteiger partial charge in [-0.3, -0.25) is 0 Å². The van der Waals surface area contributed by atoms with Crippen molar-refractivity contribution in [2.45, 2.75) is 0 Å². The molecule has 1 N–H and O–H groups in total. The molecule has 0 fully saturated rings. The predicted octanol–water partition coefficient (Wildman–Crippen LogP) is 4.14. The Kier molecular flexibility index (Phi) is 2.98. The second-order valence-corrected chi connectivity index (χ2v) is 4.92. The van der Waals surface area contributed by atoms with Crippen LogP contribution in [0.5, 0.6) is 5.75 Å². The highest BCUT2D eigenvalue weighted by molar-refractivity contribution is 9.10. The van der Waals surface area contributed by atoms with E-state index in [0.717, 1.165) is 11.0 Å². The highest BCUT2D eigenvalue weighted by Crippen LogP contribution is 2.32. The van der Waals surface area contributed by atoms with E-state index < -0.39 is 0 Å². The Bertz CT molecular complexity index is 721. The molecule has 0 bridgehead atoms. The Morgan fingerprint density at radius 2 is 2.05 bits per heavy atom. The molecule has 1 heterocycles. The molecule has 1 aromatic heterocycles. The third-order valence-electron chi connectivity index (χ3n) is 2.89. The van der Waals surface area contributed by atoms with E-state index in [2.05, 4.69) is 25.9 Å². The molecule has 96 valence electrons. The van der Waals surface area contributed by atoms with E-state index in [0.29, 0.717) is 21.6 Å². The zero-order valence-corrected chi connectivity index (χ0v) is 11.7. The van der Waals surface area contributed by atoms with Crippen LogP contribution in [-0.2, 0) is 0 Å². The lowest BCUT2D eigenvalue weighted by Gasteiger charge is -2.06. The summed E-state index contributed by atoms with van der Waals surface area (Å²) in [6.07, 6.45) is 0. The van der Waals surface area contributed by atoms with Crippen LogP contribution in [0.1, 0.15) is 0 Å². The van der Waals surface area contributed by atoms with E-state index >= 15 is 0 Å². The standard InChI is InChI=1S/C14H10BrFN2O/c1-19-13-7-10(16)8(6-9(13)15)14-17-11-4-2-3-5-12(11)18-14/h2-7H,1H3,(H,17,18). The number of para-hydroxylation sites is 2. The van der Waals surface area contributed by atoms with Crippen LogP contribution >= 0.6 is 15.9 Å². The molecule has 5 heteroatoms. The summed E-state index contributed by atoms with van der Waals surface area (Å²) in [6, 6.07) is 10.6. The highest BCUT2D eigenvalue weighted by atomic mass is 79.9. The summed E-state index contributed by atoms with van der Waals surface area (Å²) >= 11 is 3.35. The van der Waals surface area contributed by atoms with Gasteiger partial charge in [-0.15, -0.1) is 0 Å². The number of hydrogen-bond acceptors (Lipinski definition) is 2. The van der Waals surface area contributed by atoms with Gasteiger partial charge in [-0.2, -0.15) is 0 Å². The quantitative estimate of drug-likeness (QED) is 0.770. The molecule has 3 nitrogen and oxygen atoms in total. The number of hydrogen-bond donors (Lipinski definition) is 1. The summed E-state index contributed by atoms with van der Waals surface area (Å²) in [7, 11) is 1.50. The monoisotopic (exact) mass is 320 g/mol. The van der Waals surface area contributed by atoms with Crippen LogP contribution in [0.25, 0.3) is 22.4 Å². The van der Waals surface area contributed by atoms with Gasteiger partial charge in [0.2, 0.25) is 0 Å².